The first-order valence-corrected chi connectivity index (χ1v) is 7.20. The van der Waals surface area contributed by atoms with Gasteiger partial charge in [-0.2, -0.15) is 0 Å². The molecule has 0 aliphatic carbocycles. The van der Waals surface area contributed by atoms with Crippen LogP contribution in [0.4, 0.5) is 0 Å². The van der Waals surface area contributed by atoms with Gasteiger partial charge in [0.05, 0.1) is 12.1 Å². The molecule has 0 N–H and O–H groups in total. The van der Waals surface area contributed by atoms with Gasteiger partial charge < -0.3 is 9.30 Å². The Labute approximate surface area is 121 Å². The van der Waals surface area contributed by atoms with Crippen LogP contribution in [0, 0.1) is 3.70 Å². The zero-order chi connectivity index (χ0) is 12.0. The molecule has 1 aromatic heterocycles. The molecular formula is C12H10BrIN2O. The highest BCUT2D eigenvalue weighted by molar-refractivity contribution is 14.1. The molecule has 17 heavy (non-hydrogen) atoms. The van der Waals surface area contributed by atoms with Crippen molar-refractivity contribution in [2.45, 2.75) is 19.6 Å². The molecule has 0 amide bonds. The van der Waals surface area contributed by atoms with Crippen molar-refractivity contribution in [3.05, 3.63) is 32.6 Å². The van der Waals surface area contributed by atoms with E-state index in [2.05, 4.69) is 61.2 Å². The largest absolute Gasteiger partial charge is 0.488 e. The summed E-state index contributed by atoms with van der Waals surface area (Å²) in [7, 11) is 0. The predicted molar refractivity (Wildman–Crippen MR) is 78.2 cm³/mol. The van der Waals surface area contributed by atoms with Crippen molar-refractivity contribution < 1.29 is 4.74 Å². The summed E-state index contributed by atoms with van der Waals surface area (Å²) in [6.07, 6.45) is 2.21. The van der Waals surface area contributed by atoms with Crippen LogP contribution < -0.4 is 4.74 Å². The highest BCUT2D eigenvalue weighted by Gasteiger charge is 2.21. The molecule has 3 rings (SSSR count). The Balaban J connectivity index is 2.25. The molecule has 0 spiro atoms. The van der Waals surface area contributed by atoms with Crippen molar-refractivity contribution in [1.82, 2.24) is 9.55 Å². The molecule has 2 heterocycles. The first kappa shape index (κ1) is 11.5. The van der Waals surface area contributed by atoms with Crippen LogP contribution in [0.15, 0.2) is 28.9 Å². The van der Waals surface area contributed by atoms with E-state index < -0.39 is 0 Å². The number of halogens is 2. The number of ether oxygens (including phenoxy) is 1. The van der Waals surface area contributed by atoms with Crippen LogP contribution in [-0.2, 0) is 6.54 Å². The van der Waals surface area contributed by atoms with Crippen LogP contribution in [0.25, 0.3) is 11.4 Å². The van der Waals surface area contributed by atoms with Crippen molar-refractivity contribution >= 4 is 38.5 Å². The Bertz CT molecular complexity index is 582. The SMILES string of the molecule is CC1Cn2cc(I)nc2-c2ccc(Br)cc2O1. The second-order valence-electron chi connectivity index (χ2n) is 4.11. The molecule has 0 fully saturated rings. The Morgan fingerprint density at radius 3 is 3.18 bits per heavy atom. The molecular weight excluding hydrogens is 395 g/mol. The number of nitrogens with zero attached hydrogens (tertiary/aromatic N) is 2. The lowest BCUT2D eigenvalue weighted by atomic mass is 10.2. The third-order valence-corrected chi connectivity index (χ3v) is 3.73. The molecule has 5 heteroatoms. The highest BCUT2D eigenvalue weighted by atomic mass is 127. The van der Waals surface area contributed by atoms with Gasteiger partial charge in [0, 0.05) is 10.7 Å². The van der Waals surface area contributed by atoms with E-state index in [4.69, 9.17) is 4.74 Å². The average Bonchev–Trinajstić information content (AvgIpc) is 2.53. The van der Waals surface area contributed by atoms with Gasteiger partial charge in [-0.15, -0.1) is 0 Å². The number of fused-ring (bicyclic) bond motifs is 3. The molecule has 1 aliphatic rings. The first-order valence-electron chi connectivity index (χ1n) is 5.33. The lowest BCUT2D eigenvalue weighted by Gasteiger charge is -2.12. The van der Waals surface area contributed by atoms with Crippen LogP contribution in [-0.4, -0.2) is 15.7 Å². The van der Waals surface area contributed by atoms with E-state index in [1.54, 1.807) is 0 Å². The number of hydrogen-bond acceptors (Lipinski definition) is 2. The van der Waals surface area contributed by atoms with Crippen molar-refractivity contribution in [3.8, 4) is 17.1 Å². The van der Waals surface area contributed by atoms with Crippen molar-refractivity contribution in [1.29, 1.82) is 0 Å². The molecule has 3 nitrogen and oxygen atoms in total. The summed E-state index contributed by atoms with van der Waals surface area (Å²) < 4.78 is 10.1. The minimum Gasteiger partial charge on any atom is -0.488 e. The van der Waals surface area contributed by atoms with Gasteiger partial charge >= 0.3 is 0 Å². The van der Waals surface area contributed by atoms with E-state index in [1.165, 1.54) is 0 Å². The summed E-state index contributed by atoms with van der Waals surface area (Å²) in [6.45, 7) is 2.91. The second kappa shape index (κ2) is 4.28. The summed E-state index contributed by atoms with van der Waals surface area (Å²) in [5, 5.41) is 0. The summed E-state index contributed by atoms with van der Waals surface area (Å²) in [5.74, 6) is 1.88. The number of hydrogen-bond donors (Lipinski definition) is 0. The van der Waals surface area contributed by atoms with Gasteiger partial charge in [-0.1, -0.05) is 15.9 Å². The molecule has 1 unspecified atom stereocenters. The fraction of sp³-hybridized carbons (Fsp3) is 0.250. The summed E-state index contributed by atoms with van der Waals surface area (Å²) >= 11 is 5.72. The lowest BCUT2D eigenvalue weighted by Crippen LogP contribution is -2.17. The van der Waals surface area contributed by atoms with Crippen LogP contribution in [0.3, 0.4) is 0 Å². The molecule has 88 valence electrons. The maximum atomic E-state index is 5.93. The van der Waals surface area contributed by atoms with Gasteiger partial charge in [-0.05, 0) is 47.7 Å². The summed E-state index contributed by atoms with van der Waals surface area (Å²) in [5.41, 5.74) is 1.06. The topological polar surface area (TPSA) is 27.1 Å². The fourth-order valence-electron chi connectivity index (χ4n) is 2.05. The van der Waals surface area contributed by atoms with Crippen molar-refractivity contribution in [2.24, 2.45) is 0 Å². The van der Waals surface area contributed by atoms with Crippen molar-refractivity contribution in [2.75, 3.05) is 0 Å². The highest BCUT2D eigenvalue weighted by Crippen LogP contribution is 2.35. The van der Waals surface area contributed by atoms with Gasteiger partial charge in [0.2, 0.25) is 0 Å². The van der Waals surface area contributed by atoms with Gasteiger partial charge in [-0.25, -0.2) is 4.98 Å². The maximum Gasteiger partial charge on any atom is 0.145 e. The smallest absolute Gasteiger partial charge is 0.145 e. The van der Waals surface area contributed by atoms with Crippen molar-refractivity contribution in [3.63, 3.8) is 0 Å². The number of imidazole rings is 1. The first-order chi connectivity index (χ1) is 8.13. The zero-order valence-corrected chi connectivity index (χ0v) is 12.9. The molecule has 0 bridgehead atoms. The molecule has 1 aromatic carbocycles. The van der Waals surface area contributed by atoms with E-state index in [0.29, 0.717) is 0 Å². The minimum atomic E-state index is 0.147. The minimum absolute atomic E-state index is 0.147. The van der Waals surface area contributed by atoms with E-state index >= 15 is 0 Å². The van der Waals surface area contributed by atoms with E-state index in [9.17, 15) is 0 Å². The summed E-state index contributed by atoms with van der Waals surface area (Å²) in [6, 6.07) is 6.07. The van der Waals surface area contributed by atoms with Gasteiger partial charge in [-0.3, -0.25) is 0 Å². The predicted octanol–water partition coefficient (Wildman–Crippen LogP) is 3.70. The van der Waals surface area contributed by atoms with E-state index in [1.807, 2.05) is 18.2 Å². The number of aromatic nitrogens is 2. The van der Waals surface area contributed by atoms with Crippen LogP contribution >= 0.6 is 38.5 Å². The Morgan fingerprint density at radius 2 is 2.35 bits per heavy atom. The summed E-state index contributed by atoms with van der Waals surface area (Å²) in [4.78, 5) is 4.57. The Kier molecular flexibility index (Phi) is 2.90. The van der Waals surface area contributed by atoms with Gasteiger partial charge in [0.15, 0.2) is 0 Å². The standard InChI is InChI=1S/C12H10BrIN2O/c1-7-5-16-6-11(14)15-12(16)9-3-2-8(13)4-10(9)17-7/h2-4,6-7H,5H2,1H3. The van der Waals surface area contributed by atoms with Crippen LogP contribution in [0.5, 0.6) is 5.75 Å². The third kappa shape index (κ3) is 2.10. The van der Waals surface area contributed by atoms with E-state index in [0.717, 1.165) is 31.9 Å². The average molecular weight is 405 g/mol. The third-order valence-electron chi connectivity index (χ3n) is 2.71. The molecule has 0 saturated carbocycles. The zero-order valence-electron chi connectivity index (χ0n) is 9.15. The van der Waals surface area contributed by atoms with Crippen LogP contribution in [0.1, 0.15) is 6.92 Å². The Hall–Kier alpha value is -0.560. The maximum absolute atomic E-state index is 5.93. The molecule has 1 aliphatic heterocycles. The molecule has 1 atom stereocenters. The lowest BCUT2D eigenvalue weighted by molar-refractivity contribution is 0.206. The Morgan fingerprint density at radius 1 is 1.53 bits per heavy atom. The second-order valence-corrected chi connectivity index (χ2v) is 6.13. The molecule has 0 radical (unpaired) electrons. The number of rotatable bonds is 0. The van der Waals surface area contributed by atoms with E-state index in [-0.39, 0.29) is 6.10 Å². The normalized spacial score (nSPS) is 17.9. The van der Waals surface area contributed by atoms with Gasteiger partial charge in [0.25, 0.3) is 0 Å². The molecule has 2 aromatic rings. The van der Waals surface area contributed by atoms with Gasteiger partial charge in [0.1, 0.15) is 21.4 Å². The fourth-order valence-corrected chi connectivity index (χ4v) is 2.95. The van der Waals surface area contributed by atoms with Crippen LogP contribution in [0.2, 0.25) is 0 Å². The quantitative estimate of drug-likeness (QED) is 0.626. The number of benzene rings is 1. The molecule has 0 saturated heterocycles. The monoisotopic (exact) mass is 404 g/mol.